The van der Waals surface area contributed by atoms with Crippen molar-refractivity contribution >= 4 is 62.9 Å². The van der Waals surface area contributed by atoms with E-state index in [0.717, 1.165) is 5.56 Å². The number of hydrogen-bond acceptors (Lipinski definition) is 4. The molecule has 2 rings (SSSR count). The lowest BCUT2D eigenvalue weighted by molar-refractivity contribution is 0.582. The minimum atomic E-state index is -3.43. The molecule has 0 aliphatic rings. The summed E-state index contributed by atoms with van der Waals surface area (Å²) in [7, 11) is -1.77. The van der Waals surface area contributed by atoms with Crippen molar-refractivity contribution in [3.8, 4) is 0 Å². The molecular weight excluding hydrogens is 495 g/mol. The predicted octanol–water partition coefficient (Wildman–Crippen LogP) is 2.66. The van der Waals surface area contributed by atoms with E-state index in [-0.39, 0.29) is 30.5 Å². The van der Waals surface area contributed by atoms with Crippen LogP contribution in [0.15, 0.2) is 51.0 Å². The van der Waals surface area contributed by atoms with Gasteiger partial charge in [0.1, 0.15) is 4.21 Å². The van der Waals surface area contributed by atoms with Crippen molar-refractivity contribution in [2.45, 2.75) is 10.8 Å². The maximum atomic E-state index is 12.0. The summed E-state index contributed by atoms with van der Waals surface area (Å²) < 4.78 is 26.8. The van der Waals surface area contributed by atoms with Gasteiger partial charge in [0.05, 0.1) is 0 Å². The molecule has 0 aliphatic carbocycles. The largest absolute Gasteiger partial charge is 0.355 e. The van der Waals surface area contributed by atoms with E-state index in [9.17, 15) is 8.42 Å². The Kier molecular flexibility index (Phi) is 9.72. The first-order chi connectivity index (χ1) is 11.5. The van der Waals surface area contributed by atoms with Crippen LogP contribution in [0.25, 0.3) is 0 Å². The molecular formula is C15H20ClIN4O2S2. The molecule has 0 aliphatic heterocycles. The zero-order valence-electron chi connectivity index (χ0n) is 13.5. The molecule has 3 N–H and O–H groups in total. The quantitative estimate of drug-likeness (QED) is 0.230. The van der Waals surface area contributed by atoms with E-state index in [2.05, 4.69) is 20.3 Å². The fraction of sp³-hybridized carbons (Fsp3) is 0.267. The van der Waals surface area contributed by atoms with E-state index >= 15 is 0 Å². The van der Waals surface area contributed by atoms with Crippen LogP contribution in [0.1, 0.15) is 5.56 Å². The predicted molar refractivity (Wildman–Crippen MR) is 115 cm³/mol. The normalized spacial score (nSPS) is 11.7. The van der Waals surface area contributed by atoms with Crippen molar-refractivity contribution in [1.29, 1.82) is 0 Å². The van der Waals surface area contributed by atoms with Crippen LogP contribution in [0, 0.1) is 0 Å². The second-order valence-electron chi connectivity index (χ2n) is 4.81. The Labute approximate surface area is 174 Å². The summed E-state index contributed by atoms with van der Waals surface area (Å²) in [5.41, 5.74) is 1.07. The number of halogens is 2. The number of hydrogen-bond donors (Lipinski definition) is 3. The zero-order chi connectivity index (χ0) is 17.4. The molecule has 0 bridgehead atoms. The van der Waals surface area contributed by atoms with E-state index in [1.165, 1.54) is 11.3 Å². The molecule has 1 heterocycles. The number of benzene rings is 1. The maximum Gasteiger partial charge on any atom is 0.250 e. The first kappa shape index (κ1) is 22.2. The summed E-state index contributed by atoms with van der Waals surface area (Å²) in [5, 5.41) is 8.63. The smallest absolute Gasteiger partial charge is 0.250 e. The second-order valence-corrected chi connectivity index (χ2v) is 8.19. The Morgan fingerprint density at radius 3 is 2.48 bits per heavy atom. The van der Waals surface area contributed by atoms with Crippen molar-refractivity contribution in [2.24, 2.45) is 4.99 Å². The van der Waals surface area contributed by atoms with E-state index in [1.807, 2.05) is 24.3 Å². The first-order valence-electron chi connectivity index (χ1n) is 7.23. The summed E-state index contributed by atoms with van der Waals surface area (Å²) in [4.78, 5) is 4.10. The third kappa shape index (κ3) is 7.48. The highest BCUT2D eigenvalue weighted by Gasteiger charge is 2.13. The minimum absolute atomic E-state index is 0. The molecule has 0 saturated carbocycles. The van der Waals surface area contributed by atoms with Gasteiger partial charge in [-0.2, -0.15) is 0 Å². The van der Waals surface area contributed by atoms with Gasteiger partial charge >= 0.3 is 0 Å². The number of aliphatic imine (C=N–C) groups is 1. The lowest BCUT2D eigenvalue weighted by Crippen LogP contribution is -2.41. The monoisotopic (exact) mass is 514 g/mol. The van der Waals surface area contributed by atoms with E-state index in [1.54, 1.807) is 24.6 Å². The number of nitrogens with zero attached hydrogens (tertiary/aromatic N) is 1. The van der Waals surface area contributed by atoms with Gasteiger partial charge in [-0.1, -0.05) is 29.8 Å². The van der Waals surface area contributed by atoms with Crippen molar-refractivity contribution in [3.63, 3.8) is 0 Å². The SMILES string of the molecule is CN=C(NCCNS(=O)(=O)c1cccs1)NCc1ccc(Cl)cc1.I. The Bertz CT molecular complexity index is 765. The van der Waals surface area contributed by atoms with E-state index in [0.29, 0.717) is 28.3 Å². The van der Waals surface area contributed by atoms with Crippen LogP contribution in [0.3, 0.4) is 0 Å². The Morgan fingerprint density at radius 2 is 1.88 bits per heavy atom. The number of sulfonamides is 1. The highest BCUT2D eigenvalue weighted by atomic mass is 127. The number of rotatable bonds is 7. The van der Waals surface area contributed by atoms with E-state index < -0.39 is 10.0 Å². The van der Waals surface area contributed by atoms with Gasteiger partial charge in [0.25, 0.3) is 0 Å². The number of thiophene rings is 1. The summed E-state index contributed by atoms with van der Waals surface area (Å²) in [6, 6.07) is 10.8. The molecule has 0 saturated heterocycles. The van der Waals surface area contributed by atoms with Crippen LogP contribution >= 0.6 is 46.9 Å². The molecule has 0 unspecified atom stereocenters. The summed E-state index contributed by atoms with van der Waals surface area (Å²) in [5.74, 6) is 0.597. The highest BCUT2D eigenvalue weighted by Crippen LogP contribution is 2.14. The maximum absolute atomic E-state index is 12.0. The molecule has 0 atom stereocenters. The van der Waals surface area contributed by atoms with Crippen LogP contribution < -0.4 is 15.4 Å². The fourth-order valence-corrected chi connectivity index (χ4v) is 4.06. The van der Waals surface area contributed by atoms with Crippen molar-refractivity contribution < 1.29 is 8.42 Å². The van der Waals surface area contributed by atoms with Crippen LogP contribution in [0.5, 0.6) is 0 Å². The van der Waals surface area contributed by atoms with Crippen LogP contribution in [-0.4, -0.2) is 34.5 Å². The fourth-order valence-electron chi connectivity index (χ4n) is 1.86. The molecule has 10 heteroatoms. The molecule has 1 aromatic heterocycles. The van der Waals surface area contributed by atoms with Crippen molar-refractivity contribution in [1.82, 2.24) is 15.4 Å². The Morgan fingerprint density at radius 1 is 1.16 bits per heavy atom. The summed E-state index contributed by atoms with van der Waals surface area (Å²) >= 11 is 7.04. The van der Waals surface area contributed by atoms with Gasteiger partial charge in [0, 0.05) is 31.7 Å². The van der Waals surface area contributed by atoms with Crippen molar-refractivity contribution in [3.05, 3.63) is 52.4 Å². The van der Waals surface area contributed by atoms with E-state index in [4.69, 9.17) is 11.6 Å². The average Bonchev–Trinajstić information content (AvgIpc) is 3.11. The van der Waals surface area contributed by atoms with Gasteiger partial charge in [-0.3, -0.25) is 4.99 Å². The summed E-state index contributed by atoms with van der Waals surface area (Å²) in [6.45, 7) is 1.28. The molecule has 6 nitrogen and oxygen atoms in total. The molecule has 0 radical (unpaired) electrons. The van der Waals surface area contributed by atoms with Crippen molar-refractivity contribution in [2.75, 3.05) is 20.1 Å². The van der Waals surface area contributed by atoms with Crippen LogP contribution in [0.4, 0.5) is 0 Å². The third-order valence-electron chi connectivity index (χ3n) is 3.07. The lowest BCUT2D eigenvalue weighted by Gasteiger charge is -2.12. The van der Waals surface area contributed by atoms with Gasteiger partial charge in [0.15, 0.2) is 5.96 Å². The molecule has 2 aromatic rings. The Hall–Kier alpha value is -0.880. The van der Waals surface area contributed by atoms with Gasteiger partial charge in [-0.05, 0) is 29.1 Å². The minimum Gasteiger partial charge on any atom is -0.355 e. The standard InChI is InChI=1S/C15H19ClN4O2S2.HI/c1-17-15(19-11-12-4-6-13(16)7-5-12)18-8-9-20-24(21,22)14-3-2-10-23-14;/h2-7,10,20H,8-9,11H2,1H3,(H2,17,18,19);1H. The molecule has 0 spiro atoms. The number of nitrogens with one attached hydrogen (secondary N) is 3. The number of guanidine groups is 1. The average molecular weight is 515 g/mol. The molecule has 1 aromatic carbocycles. The topological polar surface area (TPSA) is 82.6 Å². The first-order valence-corrected chi connectivity index (χ1v) is 9.97. The Balaban J connectivity index is 0.00000312. The van der Waals surface area contributed by atoms with Gasteiger partial charge in [-0.25, -0.2) is 13.1 Å². The summed E-state index contributed by atoms with van der Waals surface area (Å²) in [6.07, 6.45) is 0. The molecule has 0 fully saturated rings. The van der Waals surface area contributed by atoms with Crippen LogP contribution in [-0.2, 0) is 16.6 Å². The molecule has 0 amide bonds. The lowest BCUT2D eigenvalue weighted by atomic mass is 10.2. The second kappa shape index (κ2) is 11.0. The highest BCUT2D eigenvalue weighted by molar-refractivity contribution is 14.0. The molecule has 138 valence electrons. The third-order valence-corrected chi connectivity index (χ3v) is 6.18. The zero-order valence-corrected chi connectivity index (χ0v) is 18.2. The van der Waals surface area contributed by atoms with Gasteiger partial charge in [-0.15, -0.1) is 35.3 Å². The van der Waals surface area contributed by atoms with Gasteiger partial charge < -0.3 is 10.6 Å². The van der Waals surface area contributed by atoms with Gasteiger partial charge in [0.2, 0.25) is 10.0 Å². The van der Waals surface area contributed by atoms with Crippen LogP contribution in [0.2, 0.25) is 5.02 Å². The molecule has 25 heavy (non-hydrogen) atoms.